The molecular formula is C7H4BrCl2N5. The first-order chi connectivity index (χ1) is 7.08. The zero-order chi connectivity index (χ0) is 11.0. The summed E-state index contributed by atoms with van der Waals surface area (Å²) in [5.74, 6) is 0.548. The first-order valence-corrected chi connectivity index (χ1v) is 5.32. The third-order valence-electron chi connectivity index (χ3n) is 1.57. The van der Waals surface area contributed by atoms with Gasteiger partial charge in [0.25, 0.3) is 0 Å². The Morgan fingerprint density at radius 3 is 2.67 bits per heavy atom. The van der Waals surface area contributed by atoms with Crippen LogP contribution in [0.4, 0.5) is 5.95 Å². The predicted molar refractivity (Wildman–Crippen MR) is 61.3 cm³/mol. The number of aromatic nitrogens is 4. The second kappa shape index (κ2) is 3.96. The van der Waals surface area contributed by atoms with E-state index in [4.69, 9.17) is 28.9 Å². The van der Waals surface area contributed by atoms with Crippen LogP contribution in [0.2, 0.25) is 10.0 Å². The molecule has 2 aromatic rings. The molecule has 0 amide bonds. The second-order valence-corrected chi connectivity index (χ2v) is 4.16. The van der Waals surface area contributed by atoms with Crippen molar-refractivity contribution in [3.8, 4) is 5.82 Å². The molecule has 0 aliphatic rings. The van der Waals surface area contributed by atoms with Gasteiger partial charge >= 0.3 is 0 Å². The standard InChI is InChI=1S/C7H4BrCl2N5/c8-6-13-7(11)14-15(6)5-4(10)1-3(9)2-12-5/h1-2H,(H2,11,14). The zero-order valence-electron chi connectivity index (χ0n) is 7.15. The molecule has 0 fully saturated rings. The van der Waals surface area contributed by atoms with Crippen LogP contribution in [0.15, 0.2) is 17.0 Å². The molecule has 0 spiro atoms. The van der Waals surface area contributed by atoms with E-state index in [0.717, 1.165) is 0 Å². The van der Waals surface area contributed by atoms with Crippen LogP contribution in [-0.2, 0) is 0 Å². The summed E-state index contributed by atoms with van der Waals surface area (Å²) >= 11 is 14.9. The van der Waals surface area contributed by atoms with Crippen LogP contribution in [0, 0.1) is 0 Å². The summed E-state index contributed by atoms with van der Waals surface area (Å²) in [4.78, 5) is 7.90. The first-order valence-electron chi connectivity index (χ1n) is 3.77. The van der Waals surface area contributed by atoms with Gasteiger partial charge in [-0.05, 0) is 22.0 Å². The average Bonchev–Trinajstić information content (AvgIpc) is 2.45. The number of pyridine rings is 1. The van der Waals surface area contributed by atoms with Crippen molar-refractivity contribution in [3.05, 3.63) is 27.0 Å². The fourth-order valence-corrected chi connectivity index (χ4v) is 1.90. The monoisotopic (exact) mass is 307 g/mol. The number of anilines is 1. The van der Waals surface area contributed by atoms with Crippen molar-refractivity contribution in [2.45, 2.75) is 0 Å². The van der Waals surface area contributed by atoms with Crippen molar-refractivity contribution in [2.75, 3.05) is 5.73 Å². The normalized spacial score (nSPS) is 10.6. The van der Waals surface area contributed by atoms with E-state index in [0.29, 0.717) is 20.6 Å². The Balaban J connectivity index is 2.59. The second-order valence-electron chi connectivity index (χ2n) is 2.61. The summed E-state index contributed by atoms with van der Waals surface area (Å²) in [5.41, 5.74) is 5.43. The molecule has 78 valence electrons. The molecule has 2 aromatic heterocycles. The molecular weight excluding hydrogens is 305 g/mol. The van der Waals surface area contributed by atoms with Crippen molar-refractivity contribution in [1.29, 1.82) is 0 Å². The van der Waals surface area contributed by atoms with Gasteiger partial charge in [0, 0.05) is 6.20 Å². The van der Waals surface area contributed by atoms with E-state index < -0.39 is 0 Å². The van der Waals surface area contributed by atoms with Gasteiger partial charge in [-0.25, -0.2) is 4.98 Å². The molecule has 0 aliphatic heterocycles. The fraction of sp³-hybridized carbons (Fsp3) is 0. The van der Waals surface area contributed by atoms with Crippen molar-refractivity contribution in [1.82, 2.24) is 19.7 Å². The highest BCUT2D eigenvalue weighted by Gasteiger charge is 2.11. The summed E-state index contributed by atoms with van der Waals surface area (Å²) in [6.45, 7) is 0. The lowest BCUT2D eigenvalue weighted by Gasteiger charge is -2.02. The highest BCUT2D eigenvalue weighted by molar-refractivity contribution is 9.10. The molecule has 0 aliphatic carbocycles. The molecule has 2 heterocycles. The van der Waals surface area contributed by atoms with E-state index >= 15 is 0 Å². The van der Waals surface area contributed by atoms with Gasteiger partial charge in [0.1, 0.15) is 0 Å². The molecule has 0 radical (unpaired) electrons. The van der Waals surface area contributed by atoms with Crippen LogP contribution in [0.5, 0.6) is 0 Å². The SMILES string of the molecule is Nc1nc(Br)n(-c2ncc(Cl)cc2Cl)n1. The minimum absolute atomic E-state index is 0.134. The number of nitrogen functional groups attached to an aromatic ring is 1. The molecule has 2 rings (SSSR count). The molecule has 0 saturated heterocycles. The maximum atomic E-state index is 5.95. The highest BCUT2D eigenvalue weighted by Crippen LogP contribution is 2.23. The minimum atomic E-state index is 0.134. The molecule has 5 nitrogen and oxygen atoms in total. The van der Waals surface area contributed by atoms with Crippen LogP contribution >= 0.6 is 39.1 Å². The lowest BCUT2D eigenvalue weighted by molar-refractivity contribution is 0.828. The Kier molecular flexibility index (Phi) is 2.81. The summed E-state index contributed by atoms with van der Waals surface area (Å²) in [5, 5.41) is 4.74. The quantitative estimate of drug-likeness (QED) is 0.877. The largest absolute Gasteiger partial charge is 0.366 e. The predicted octanol–water partition coefficient (Wildman–Crippen LogP) is 2.31. The Morgan fingerprint density at radius 2 is 2.13 bits per heavy atom. The van der Waals surface area contributed by atoms with Gasteiger partial charge in [0.05, 0.1) is 10.0 Å². The maximum Gasteiger partial charge on any atom is 0.240 e. The van der Waals surface area contributed by atoms with Gasteiger partial charge in [-0.3, -0.25) is 0 Å². The maximum absolute atomic E-state index is 5.95. The molecule has 2 N–H and O–H groups in total. The summed E-state index contributed by atoms with van der Waals surface area (Å²) in [6.07, 6.45) is 1.47. The van der Waals surface area contributed by atoms with Gasteiger partial charge < -0.3 is 5.73 Å². The third kappa shape index (κ3) is 2.06. The Bertz CT molecular complexity index is 512. The smallest absolute Gasteiger partial charge is 0.240 e. The molecule has 0 aromatic carbocycles. The number of rotatable bonds is 1. The van der Waals surface area contributed by atoms with Crippen LogP contribution in [-0.4, -0.2) is 19.7 Å². The number of hydrogen-bond donors (Lipinski definition) is 1. The number of nitrogens with zero attached hydrogens (tertiary/aromatic N) is 4. The molecule has 0 bridgehead atoms. The van der Waals surface area contributed by atoms with E-state index in [1.54, 1.807) is 6.07 Å². The summed E-state index contributed by atoms with van der Waals surface area (Å²) in [6, 6.07) is 1.57. The van der Waals surface area contributed by atoms with Crippen LogP contribution in [0.3, 0.4) is 0 Å². The lowest BCUT2D eigenvalue weighted by atomic mass is 10.4. The van der Waals surface area contributed by atoms with E-state index in [1.165, 1.54) is 10.9 Å². The molecule has 0 atom stereocenters. The van der Waals surface area contributed by atoms with E-state index in [-0.39, 0.29) is 5.95 Å². The van der Waals surface area contributed by atoms with Crippen molar-refractivity contribution < 1.29 is 0 Å². The summed E-state index contributed by atoms with van der Waals surface area (Å²) in [7, 11) is 0. The van der Waals surface area contributed by atoms with Crippen LogP contribution < -0.4 is 5.73 Å². The van der Waals surface area contributed by atoms with Crippen molar-refractivity contribution >= 4 is 45.1 Å². The van der Waals surface area contributed by atoms with Gasteiger partial charge in [-0.1, -0.05) is 23.2 Å². The Labute approximate surface area is 103 Å². The third-order valence-corrected chi connectivity index (χ3v) is 2.57. The molecule has 8 heteroatoms. The zero-order valence-corrected chi connectivity index (χ0v) is 10.3. The van der Waals surface area contributed by atoms with Crippen molar-refractivity contribution in [2.24, 2.45) is 0 Å². The van der Waals surface area contributed by atoms with Crippen LogP contribution in [0.25, 0.3) is 5.82 Å². The van der Waals surface area contributed by atoms with Gasteiger partial charge in [-0.2, -0.15) is 9.67 Å². The van der Waals surface area contributed by atoms with Gasteiger partial charge in [0.15, 0.2) is 5.82 Å². The first kappa shape index (κ1) is 10.7. The Morgan fingerprint density at radius 1 is 1.40 bits per heavy atom. The van der Waals surface area contributed by atoms with E-state index in [1.807, 2.05) is 0 Å². The summed E-state index contributed by atoms with van der Waals surface area (Å²) < 4.78 is 1.81. The lowest BCUT2D eigenvalue weighted by Crippen LogP contribution is -2.01. The van der Waals surface area contributed by atoms with Crippen LogP contribution in [0.1, 0.15) is 0 Å². The van der Waals surface area contributed by atoms with Crippen molar-refractivity contribution in [3.63, 3.8) is 0 Å². The van der Waals surface area contributed by atoms with Gasteiger partial charge in [0.2, 0.25) is 10.7 Å². The number of hydrogen-bond acceptors (Lipinski definition) is 4. The van der Waals surface area contributed by atoms with E-state index in [9.17, 15) is 0 Å². The number of halogens is 3. The number of nitrogens with two attached hydrogens (primary N) is 1. The Hall–Kier alpha value is -0.850. The highest BCUT2D eigenvalue weighted by atomic mass is 79.9. The van der Waals surface area contributed by atoms with Gasteiger partial charge in [-0.15, -0.1) is 5.10 Å². The topological polar surface area (TPSA) is 69.6 Å². The average molecular weight is 309 g/mol. The molecule has 0 unspecified atom stereocenters. The minimum Gasteiger partial charge on any atom is -0.366 e. The van der Waals surface area contributed by atoms with E-state index in [2.05, 4.69) is 31.0 Å². The molecule has 15 heavy (non-hydrogen) atoms. The molecule has 0 saturated carbocycles. The fourth-order valence-electron chi connectivity index (χ4n) is 1.01.